The van der Waals surface area contributed by atoms with Crippen LogP contribution in [0.1, 0.15) is 31.8 Å². The average molecular weight is 522 g/mol. The van der Waals surface area contributed by atoms with Crippen LogP contribution in [-0.4, -0.2) is 16.8 Å². The Labute approximate surface area is 232 Å². The Morgan fingerprint density at radius 2 is 1.12 bits per heavy atom. The maximum absolute atomic E-state index is 13.0. The van der Waals surface area contributed by atoms with Crippen molar-refractivity contribution in [2.24, 2.45) is 0 Å². The van der Waals surface area contributed by atoms with E-state index in [0.29, 0.717) is 22.5 Å². The predicted molar refractivity (Wildman–Crippen MR) is 163 cm³/mol. The number of hydrogen-bond donors (Lipinski definition) is 2. The minimum absolute atomic E-state index is 0.160. The minimum Gasteiger partial charge on any atom is -0.322 e. The van der Waals surface area contributed by atoms with Gasteiger partial charge in [0.15, 0.2) is 0 Å². The molecule has 6 rings (SSSR count). The van der Waals surface area contributed by atoms with Crippen molar-refractivity contribution in [1.82, 2.24) is 4.98 Å². The molecule has 1 heterocycles. The average Bonchev–Trinajstić information content (AvgIpc) is 2.97. The van der Waals surface area contributed by atoms with Crippen LogP contribution in [0, 0.1) is 13.8 Å². The van der Waals surface area contributed by atoms with Crippen molar-refractivity contribution in [3.8, 4) is 11.3 Å². The van der Waals surface area contributed by atoms with E-state index in [-0.39, 0.29) is 11.8 Å². The number of carbonyl (C=O) groups excluding carboxylic acids is 2. The number of nitrogens with zero attached hydrogens (tertiary/aromatic N) is 1. The lowest BCUT2D eigenvalue weighted by molar-refractivity contribution is 0.101. The Morgan fingerprint density at radius 1 is 0.550 bits per heavy atom. The van der Waals surface area contributed by atoms with E-state index in [4.69, 9.17) is 4.98 Å². The number of amides is 2. The van der Waals surface area contributed by atoms with E-state index in [1.54, 1.807) is 6.07 Å². The molecule has 0 atom stereocenters. The van der Waals surface area contributed by atoms with Crippen LogP contribution in [0.25, 0.3) is 32.9 Å². The third kappa shape index (κ3) is 5.05. The smallest absolute Gasteiger partial charge is 0.255 e. The molecule has 1 aromatic heterocycles. The lowest BCUT2D eigenvalue weighted by Crippen LogP contribution is -2.12. The summed E-state index contributed by atoms with van der Waals surface area (Å²) in [6.07, 6.45) is 0. The molecule has 0 spiro atoms. The number of fused-ring (bicyclic) bond motifs is 3. The Morgan fingerprint density at radius 3 is 1.73 bits per heavy atom. The molecule has 6 aromatic rings. The fourth-order valence-corrected chi connectivity index (χ4v) is 4.96. The van der Waals surface area contributed by atoms with Crippen molar-refractivity contribution in [1.29, 1.82) is 0 Å². The standard InChI is InChI=1S/C35H27N3O2/c1-22-8-6-12-25(18-22)34(39)36-27-14-16-29-30-17-15-28(37-35(40)26-13-7-9-23(2)19-26)21-32(30)38-33(31(29)20-27)24-10-4-3-5-11-24/h3-21H,1-2H3,(H,36,39)(H,37,40). The Hall–Kier alpha value is -5.29. The molecule has 0 aliphatic carbocycles. The lowest BCUT2D eigenvalue weighted by atomic mass is 9.99. The molecular formula is C35H27N3O2. The normalized spacial score (nSPS) is 10.9. The second-order valence-corrected chi connectivity index (χ2v) is 9.97. The summed E-state index contributed by atoms with van der Waals surface area (Å²) in [6, 6.07) is 36.7. The van der Waals surface area contributed by atoms with E-state index < -0.39 is 0 Å². The van der Waals surface area contributed by atoms with E-state index in [0.717, 1.165) is 44.1 Å². The molecule has 0 aliphatic heterocycles. The molecular weight excluding hydrogens is 494 g/mol. The van der Waals surface area contributed by atoms with Crippen molar-refractivity contribution in [3.63, 3.8) is 0 Å². The molecule has 5 aromatic carbocycles. The molecule has 0 bridgehead atoms. The van der Waals surface area contributed by atoms with E-state index >= 15 is 0 Å². The van der Waals surface area contributed by atoms with Gasteiger partial charge in [0, 0.05) is 38.8 Å². The topological polar surface area (TPSA) is 71.1 Å². The molecule has 40 heavy (non-hydrogen) atoms. The summed E-state index contributed by atoms with van der Waals surface area (Å²) < 4.78 is 0. The van der Waals surface area contributed by atoms with E-state index in [1.165, 1.54) is 0 Å². The quantitative estimate of drug-likeness (QED) is 0.225. The lowest BCUT2D eigenvalue weighted by Gasteiger charge is -2.14. The zero-order chi connectivity index (χ0) is 27.6. The van der Waals surface area contributed by atoms with E-state index in [2.05, 4.69) is 10.6 Å². The summed E-state index contributed by atoms with van der Waals surface area (Å²) in [5.74, 6) is -0.326. The predicted octanol–water partition coefficient (Wildman–Crippen LogP) is 8.18. The fraction of sp³-hybridized carbons (Fsp3) is 0.0571. The highest BCUT2D eigenvalue weighted by atomic mass is 16.2. The van der Waals surface area contributed by atoms with Gasteiger partial charge >= 0.3 is 0 Å². The molecule has 194 valence electrons. The van der Waals surface area contributed by atoms with Crippen molar-refractivity contribution >= 4 is 44.9 Å². The van der Waals surface area contributed by atoms with Crippen LogP contribution >= 0.6 is 0 Å². The second kappa shape index (κ2) is 10.5. The SMILES string of the molecule is Cc1cccc(C(=O)Nc2ccc3c(c2)nc(-c2ccccc2)c2cc(NC(=O)c4cccc(C)c4)ccc23)c1. The molecule has 0 unspecified atom stereocenters. The number of pyridine rings is 1. The van der Waals surface area contributed by atoms with Crippen LogP contribution in [0.4, 0.5) is 11.4 Å². The van der Waals surface area contributed by atoms with Gasteiger partial charge in [0.25, 0.3) is 11.8 Å². The number of rotatable bonds is 5. The third-order valence-electron chi connectivity index (χ3n) is 6.92. The van der Waals surface area contributed by atoms with Gasteiger partial charge in [-0.3, -0.25) is 9.59 Å². The van der Waals surface area contributed by atoms with Crippen LogP contribution in [0.2, 0.25) is 0 Å². The van der Waals surface area contributed by atoms with Gasteiger partial charge in [-0.25, -0.2) is 4.98 Å². The van der Waals surface area contributed by atoms with Gasteiger partial charge in [0.05, 0.1) is 11.2 Å². The number of benzene rings is 5. The molecule has 0 fully saturated rings. The van der Waals surface area contributed by atoms with Crippen molar-refractivity contribution in [2.75, 3.05) is 10.6 Å². The van der Waals surface area contributed by atoms with E-state index in [9.17, 15) is 9.59 Å². The molecule has 0 saturated heterocycles. The van der Waals surface area contributed by atoms with Gasteiger partial charge in [-0.1, -0.05) is 77.9 Å². The maximum atomic E-state index is 13.0. The number of anilines is 2. The molecule has 0 radical (unpaired) electrons. The van der Waals surface area contributed by atoms with Gasteiger partial charge in [-0.05, 0) is 67.8 Å². The Bertz CT molecular complexity index is 1910. The van der Waals surface area contributed by atoms with Crippen LogP contribution in [-0.2, 0) is 0 Å². The van der Waals surface area contributed by atoms with Crippen LogP contribution in [0.3, 0.4) is 0 Å². The van der Waals surface area contributed by atoms with Crippen LogP contribution < -0.4 is 10.6 Å². The highest BCUT2D eigenvalue weighted by Crippen LogP contribution is 2.35. The Balaban J connectivity index is 1.42. The molecule has 5 nitrogen and oxygen atoms in total. The zero-order valence-corrected chi connectivity index (χ0v) is 22.2. The van der Waals surface area contributed by atoms with Crippen molar-refractivity contribution in [3.05, 3.63) is 138 Å². The first-order valence-electron chi connectivity index (χ1n) is 13.1. The number of aromatic nitrogens is 1. The van der Waals surface area contributed by atoms with Gasteiger partial charge in [0.2, 0.25) is 0 Å². The second-order valence-electron chi connectivity index (χ2n) is 9.97. The summed E-state index contributed by atoms with van der Waals surface area (Å²) in [6.45, 7) is 3.93. The minimum atomic E-state index is -0.166. The number of aryl methyl sites for hydroxylation is 2. The highest BCUT2D eigenvalue weighted by molar-refractivity contribution is 6.14. The van der Waals surface area contributed by atoms with Crippen molar-refractivity contribution < 1.29 is 9.59 Å². The number of carbonyl (C=O) groups is 2. The Kier molecular flexibility index (Phi) is 6.54. The van der Waals surface area contributed by atoms with Gasteiger partial charge in [-0.15, -0.1) is 0 Å². The molecule has 0 aliphatic rings. The van der Waals surface area contributed by atoms with E-state index in [1.807, 2.05) is 123 Å². The zero-order valence-electron chi connectivity index (χ0n) is 22.2. The summed E-state index contributed by atoms with van der Waals surface area (Å²) in [5.41, 5.74) is 7.18. The van der Waals surface area contributed by atoms with Crippen molar-refractivity contribution in [2.45, 2.75) is 13.8 Å². The molecule has 2 N–H and O–H groups in total. The summed E-state index contributed by atoms with van der Waals surface area (Å²) in [5, 5.41) is 8.94. The molecule has 5 heteroatoms. The first-order valence-corrected chi connectivity index (χ1v) is 13.1. The van der Waals surface area contributed by atoms with Gasteiger partial charge in [-0.2, -0.15) is 0 Å². The monoisotopic (exact) mass is 521 g/mol. The highest BCUT2D eigenvalue weighted by Gasteiger charge is 2.14. The van der Waals surface area contributed by atoms with Gasteiger partial charge < -0.3 is 10.6 Å². The largest absolute Gasteiger partial charge is 0.322 e. The fourth-order valence-electron chi connectivity index (χ4n) is 4.96. The molecule has 2 amide bonds. The summed E-state index contributed by atoms with van der Waals surface area (Å²) in [7, 11) is 0. The first-order chi connectivity index (χ1) is 19.4. The maximum Gasteiger partial charge on any atom is 0.255 e. The van der Waals surface area contributed by atoms with Crippen LogP contribution in [0.15, 0.2) is 115 Å². The summed E-state index contributed by atoms with van der Waals surface area (Å²) >= 11 is 0. The number of hydrogen-bond acceptors (Lipinski definition) is 3. The third-order valence-corrected chi connectivity index (χ3v) is 6.92. The number of nitrogens with one attached hydrogen (secondary N) is 2. The van der Waals surface area contributed by atoms with Gasteiger partial charge in [0.1, 0.15) is 0 Å². The van der Waals surface area contributed by atoms with Crippen LogP contribution in [0.5, 0.6) is 0 Å². The first kappa shape index (κ1) is 25.0. The summed E-state index contributed by atoms with van der Waals surface area (Å²) in [4.78, 5) is 30.9. The molecule has 0 saturated carbocycles.